The van der Waals surface area contributed by atoms with Crippen LogP contribution in [0.3, 0.4) is 0 Å². The molecule has 0 radical (unpaired) electrons. The molecule has 0 heterocycles. The second-order valence-corrected chi connectivity index (χ2v) is 2.40. The average Bonchev–Trinajstić information content (AvgIpc) is 1.90. The van der Waals surface area contributed by atoms with Gasteiger partial charge >= 0.3 is 5.97 Å². The maximum atomic E-state index is 10.7. The fourth-order valence-corrected chi connectivity index (χ4v) is 1.20. The third-order valence-electron chi connectivity index (χ3n) is 0.988. The molecule has 0 aromatic rings. The molecule has 0 aromatic carbocycles. The normalized spacial score (nSPS) is 12.8. The number of methoxy groups -OCH3 is 1. The van der Waals surface area contributed by atoms with E-state index in [1.165, 1.54) is 7.11 Å². The molecule has 1 unspecified atom stereocenters. The smallest absolute Gasteiger partial charge is 0.323 e. The standard InChI is InChI=1S/C5H10INO2/c1-7-4(3-6)5(8)9-2/h4,7H,3H2,1-2H3. The van der Waals surface area contributed by atoms with Crippen molar-refractivity contribution in [3.05, 3.63) is 0 Å². The topological polar surface area (TPSA) is 38.3 Å². The zero-order chi connectivity index (χ0) is 7.28. The van der Waals surface area contributed by atoms with Crippen LogP contribution in [0.5, 0.6) is 0 Å². The van der Waals surface area contributed by atoms with E-state index in [4.69, 9.17) is 0 Å². The molecule has 3 nitrogen and oxygen atoms in total. The van der Waals surface area contributed by atoms with Gasteiger partial charge in [0, 0.05) is 4.43 Å². The average molecular weight is 243 g/mol. The van der Waals surface area contributed by atoms with Crippen LogP contribution in [-0.4, -0.2) is 30.6 Å². The number of hydrogen-bond acceptors (Lipinski definition) is 3. The van der Waals surface area contributed by atoms with E-state index in [0.717, 1.165) is 4.43 Å². The lowest BCUT2D eigenvalue weighted by Gasteiger charge is -2.08. The minimum absolute atomic E-state index is 0.157. The highest BCUT2D eigenvalue weighted by Crippen LogP contribution is 1.92. The number of hydrogen-bond donors (Lipinski definition) is 1. The summed E-state index contributed by atoms with van der Waals surface area (Å²) in [7, 11) is 3.12. The lowest BCUT2D eigenvalue weighted by molar-refractivity contribution is -0.142. The maximum Gasteiger partial charge on any atom is 0.323 e. The number of carbonyl (C=O) groups excluding carboxylic acids is 1. The third-order valence-corrected chi connectivity index (χ3v) is 1.87. The first-order valence-electron chi connectivity index (χ1n) is 2.57. The SMILES string of the molecule is CNC(CI)C(=O)OC. The molecule has 0 bridgehead atoms. The van der Waals surface area contributed by atoms with Gasteiger partial charge in [-0.2, -0.15) is 0 Å². The van der Waals surface area contributed by atoms with Crippen molar-refractivity contribution >= 4 is 28.6 Å². The first-order chi connectivity index (χ1) is 4.26. The summed E-state index contributed by atoms with van der Waals surface area (Å²) in [6.45, 7) is 0. The number of ether oxygens (including phenoxy) is 1. The lowest BCUT2D eigenvalue weighted by atomic mass is 10.4. The molecule has 0 saturated heterocycles. The molecular formula is C5H10INO2. The number of carbonyl (C=O) groups is 1. The summed E-state index contributed by atoms with van der Waals surface area (Å²) in [5.74, 6) is -0.202. The molecule has 0 spiro atoms. The Morgan fingerprint density at radius 2 is 2.44 bits per heavy atom. The molecule has 0 aliphatic carbocycles. The van der Waals surface area contributed by atoms with E-state index < -0.39 is 0 Å². The quantitative estimate of drug-likeness (QED) is 0.436. The Balaban J connectivity index is 3.64. The van der Waals surface area contributed by atoms with Crippen LogP contribution < -0.4 is 5.32 Å². The van der Waals surface area contributed by atoms with Crippen molar-refractivity contribution in [2.24, 2.45) is 0 Å². The molecule has 0 aliphatic rings. The van der Waals surface area contributed by atoms with Crippen LogP contribution in [0.4, 0.5) is 0 Å². The summed E-state index contributed by atoms with van der Waals surface area (Å²) in [6, 6.07) is -0.157. The van der Waals surface area contributed by atoms with Crippen molar-refractivity contribution in [2.75, 3.05) is 18.6 Å². The number of esters is 1. The highest BCUT2D eigenvalue weighted by Gasteiger charge is 2.13. The number of halogens is 1. The zero-order valence-corrected chi connectivity index (χ0v) is 7.64. The molecule has 0 rings (SSSR count). The van der Waals surface area contributed by atoms with Crippen LogP contribution in [-0.2, 0) is 9.53 Å². The van der Waals surface area contributed by atoms with Gasteiger partial charge in [0.1, 0.15) is 6.04 Å². The van der Waals surface area contributed by atoms with Crippen molar-refractivity contribution < 1.29 is 9.53 Å². The van der Waals surface area contributed by atoms with E-state index in [0.29, 0.717) is 0 Å². The van der Waals surface area contributed by atoms with Crippen LogP contribution in [0.15, 0.2) is 0 Å². The summed E-state index contributed by atoms with van der Waals surface area (Å²) in [5, 5.41) is 2.82. The monoisotopic (exact) mass is 243 g/mol. The molecule has 54 valence electrons. The Bertz CT molecular complexity index is 93.0. The Morgan fingerprint density at radius 1 is 1.89 bits per heavy atom. The predicted molar refractivity (Wildman–Crippen MR) is 43.8 cm³/mol. The van der Waals surface area contributed by atoms with E-state index in [-0.39, 0.29) is 12.0 Å². The summed E-state index contributed by atoms with van der Waals surface area (Å²) in [6.07, 6.45) is 0. The van der Waals surface area contributed by atoms with E-state index in [2.05, 4.69) is 32.6 Å². The molecule has 1 atom stereocenters. The van der Waals surface area contributed by atoms with Gasteiger partial charge in [0.05, 0.1) is 7.11 Å². The minimum Gasteiger partial charge on any atom is -0.468 e. The van der Waals surface area contributed by atoms with Crippen LogP contribution in [0.1, 0.15) is 0 Å². The van der Waals surface area contributed by atoms with Gasteiger partial charge in [-0.3, -0.25) is 4.79 Å². The molecule has 9 heavy (non-hydrogen) atoms. The van der Waals surface area contributed by atoms with Gasteiger partial charge in [0.25, 0.3) is 0 Å². The summed E-state index contributed by atoms with van der Waals surface area (Å²) >= 11 is 2.12. The molecule has 0 amide bonds. The maximum absolute atomic E-state index is 10.7. The second-order valence-electron chi connectivity index (χ2n) is 1.52. The van der Waals surface area contributed by atoms with Crippen molar-refractivity contribution in [3.63, 3.8) is 0 Å². The first kappa shape index (κ1) is 9.16. The molecule has 0 saturated carbocycles. The van der Waals surface area contributed by atoms with Gasteiger partial charge in [-0.25, -0.2) is 0 Å². The van der Waals surface area contributed by atoms with E-state index in [9.17, 15) is 4.79 Å². The van der Waals surface area contributed by atoms with Crippen LogP contribution in [0.25, 0.3) is 0 Å². The van der Waals surface area contributed by atoms with Gasteiger partial charge in [-0.1, -0.05) is 22.6 Å². The first-order valence-corrected chi connectivity index (χ1v) is 4.09. The van der Waals surface area contributed by atoms with Gasteiger partial charge in [0.2, 0.25) is 0 Å². The van der Waals surface area contributed by atoms with E-state index >= 15 is 0 Å². The zero-order valence-electron chi connectivity index (χ0n) is 5.48. The van der Waals surface area contributed by atoms with Gasteiger partial charge in [-0.15, -0.1) is 0 Å². The summed E-state index contributed by atoms with van der Waals surface area (Å²) < 4.78 is 5.22. The number of alkyl halides is 1. The Morgan fingerprint density at radius 3 is 2.56 bits per heavy atom. The summed E-state index contributed by atoms with van der Waals surface area (Å²) in [4.78, 5) is 10.7. The van der Waals surface area contributed by atoms with Crippen LogP contribution in [0, 0.1) is 0 Å². The van der Waals surface area contributed by atoms with Gasteiger partial charge < -0.3 is 10.1 Å². The highest BCUT2D eigenvalue weighted by atomic mass is 127. The molecule has 4 heteroatoms. The van der Waals surface area contributed by atoms with Crippen molar-refractivity contribution in [1.29, 1.82) is 0 Å². The number of nitrogens with one attached hydrogen (secondary N) is 1. The van der Waals surface area contributed by atoms with Crippen molar-refractivity contribution in [2.45, 2.75) is 6.04 Å². The van der Waals surface area contributed by atoms with Crippen molar-refractivity contribution in [3.8, 4) is 0 Å². The molecular weight excluding hydrogens is 233 g/mol. The van der Waals surface area contributed by atoms with Crippen LogP contribution in [0.2, 0.25) is 0 Å². The predicted octanol–water partition coefficient (Wildman–Crippen LogP) is 0.182. The Kier molecular flexibility index (Phi) is 5.07. The Labute approximate surface area is 68.3 Å². The van der Waals surface area contributed by atoms with E-state index in [1.807, 2.05) is 0 Å². The summed E-state index contributed by atoms with van der Waals surface area (Å²) in [5.41, 5.74) is 0. The highest BCUT2D eigenvalue weighted by molar-refractivity contribution is 14.1. The second kappa shape index (κ2) is 4.99. The number of likely N-dealkylation sites (N-methyl/N-ethyl adjacent to an activating group) is 1. The third kappa shape index (κ3) is 3.00. The molecule has 0 aromatic heterocycles. The Hall–Kier alpha value is 0.160. The van der Waals surface area contributed by atoms with Gasteiger partial charge in [0.15, 0.2) is 0 Å². The van der Waals surface area contributed by atoms with Crippen molar-refractivity contribution in [1.82, 2.24) is 5.32 Å². The molecule has 0 aliphatic heterocycles. The number of rotatable bonds is 3. The fraction of sp³-hybridized carbons (Fsp3) is 0.800. The molecule has 1 N–H and O–H groups in total. The molecule has 0 fully saturated rings. The largest absolute Gasteiger partial charge is 0.468 e. The lowest BCUT2D eigenvalue weighted by Crippen LogP contribution is -2.36. The fourth-order valence-electron chi connectivity index (χ4n) is 0.400. The minimum atomic E-state index is -0.202. The van der Waals surface area contributed by atoms with Crippen LogP contribution >= 0.6 is 22.6 Å². The van der Waals surface area contributed by atoms with Gasteiger partial charge in [-0.05, 0) is 7.05 Å². The van der Waals surface area contributed by atoms with E-state index in [1.54, 1.807) is 7.05 Å².